The van der Waals surface area contributed by atoms with Crippen molar-refractivity contribution >= 4 is 28.6 Å². The molecule has 0 unspecified atom stereocenters. The van der Waals surface area contributed by atoms with Crippen molar-refractivity contribution in [1.29, 1.82) is 0 Å². The van der Waals surface area contributed by atoms with Gasteiger partial charge in [0.1, 0.15) is 5.75 Å². The second kappa shape index (κ2) is 15.8. The van der Waals surface area contributed by atoms with Crippen molar-refractivity contribution in [1.82, 2.24) is 0 Å². The molecule has 0 saturated heterocycles. The molecule has 0 aliphatic heterocycles. The summed E-state index contributed by atoms with van der Waals surface area (Å²) in [6.45, 7) is 5.99. The van der Waals surface area contributed by atoms with Crippen molar-refractivity contribution in [3.05, 3.63) is 125 Å². The minimum absolute atomic E-state index is 0. The number of phenolic OH excluding ortho intramolecular Hbond substituents is 1. The summed E-state index contributed by atoms with van der Waals surface area (Å²) >= 11 is 2.16. The van der Waals surface area contributed by atoms with E-state index < -0.39 is 0 Å². The summed E-state index contributed by atoms with van der Waals surface area (Å²) in [6, 6.07) is 26.5. The minimum atomic E-state index is 0. The van der Waals surface area contributed by atoms with Gasteiger partial charge in [0.05, 0.1) is 0 Å². The van der Waals surface area contributed by atoms with Gasteiger partial charge in [-0.2, -0.15) is 6.08 Å². The molecule has 0 saturated carbocycles. The molecule has 1 N–H and O–H groups in total. The zero-order valence-corrected chi connectivity index (χ0v) is 21.3. The Kier molecular flexibility index (Phi) is 14.9. The van der Waals surface area contributed by atoms with Gasteiger partial charge < -0.3 is 5.11 Å². The number of hydrogen-bond acceptors (Lipinski definition) is 1. The van der Waals surface area contributed by atoms with E-state index in [1.54, 1.807) is 12.1 Å². The topological polar surface area (TPSA) is 20.2 Å². The Morgan fingerprint density at radius 1 is 0.774 bits per heavy atom. The predicted molar refractivity (Wildman–Crippen MR) is 134 cm³/mol. The average molecular weight is 488 g/mol. The number of allylic oxidation sites excluding steroid dienone is 4. The van der Waals surface area contributed by atoms with E-state index in [1.807, 2.05) is 32.0 Å². The molecule has 0 radical (unpaired) electrons. The van der Waals surface area contributed by atoms with Crippen LogP contribution in [0.25, 0.3) is 0 Å². The molecule has 0 fully saturated rings. The number of benzene rings is 3. The molecule has 0 bridgehead atoms. The van der Waals surface area contributed by atoms with Gasteiger partial charge in [0.15, 0.2) is 0 Å². The number of aryl methyl sites for hydroxylation is 2. The van der Waals surface area contributed by atoms with E-state index in [0.29, 0.717) is 5.75 Å². The first kappa shape index (κ1) is 29.1. The van der Waals surface area contributed by atoms with Gasteiger partial charge in [0, 0.05) is 0 Å². The van der Waals surface area contributed by atoms with Gasteiger partial charge in [-0.3, -0.25) is 6.08 Å². The monoisotopic (exact) mass is 487 g/mol. The summed E-state index contributed by atoms with van der Waals surface area (Å²) in [5.74, 6) is 0.354. The van der Waals surface area contributed by atoms with Gasteiger partial charge >= 0.3 is 95.6 Å². The fourth-order valence-electron chi connectivity index (χ4n) is 2.84. The maximum atomic E-state index is 8.99. The van der Waals surface area contributed by atoms with Crippen LogP contribution in [-0.2, 0) is 20.0 Å². The van der Waals surface area contributed by atoms with Crippen LogP contribution in [0, 0.1) is 19.9 Å². The van der Waals surface area contributed by atoms with E-state index in [-0.39, 0.29) is 24.8 Å². The van der Waals surface area contributed by atoms with E-state index in [9.17, 15) is 0 Å². The molecule has 0 aromatic heterocycles. The van der Waals surface area contributed by atoms with Gasteiger partial charge in [-0.1, -0.05) is 13.0 Å². The number of aromatic hydroxyl groups is 1. The van der Waals surface area contributed by atoms with Gasteiger partial charge in [-0.05, 0) is 37.1 Å². The summed E-state index contributed by atoms with van der Waals surface area (Å²) in [5.41, 5.74) is 6.06. The molecule has 31 heavy (non-hydrogen) atoms. The number of rotatable bonds is 2. The molecular weight excluding hydrogens is 459 g/mol. The van der Waals surface area contributed by atoms with Crippen molar-refractivity contribution < 1.29 is 25.1 Å². The zero-order chi connectivity index (χ0) is 21.1. The standard InChI is InChI=1S/C13H10.C8H10O.C6H7.2ClH.Ti/c1-3-7-12(8-4-1)11-13-9-5-2-6-10-13;1-6-3-7(2)5-8(9)4-6;1-6-4-2-3-5-6;;;/h1-10H;3-5,9H,1-2H3;2,4H,3H2,1H3;2*1H;/q;;-1;;;+1. The summed E-state index contributed by atoms with van der Waals surface area (Å²) in [4.78, 5) is 0. The van der Waals surface area contributed by atoms with Crippen LogP contribution in [0.4, 0.5) is 0 Å². The van der Waals surface area contributed by atoms with Crippen LogP contribution in [0.1, 0.15) is 35.6 Å². The molecule has 3 aromatic carbocycles. The molecule has 3 aromatic rings. The van der Waals surface area contributed by atoms with Gasteiger partial charge in [0.25, 0.3) is 0 Å². The molecule has 4 heteroatoms. The molecule has 161 valence electrons. The fraction of sp³-hybridized carbons (Fsp3) is 0.148. The number of halogens is 2. The predicted octanol–water partition coefficient (Wildman–Crippen LogP) is 7.35. The van der Waals surface area contributed by atoms with Gasteiger partial charge in [-0.15, -0.1) is 31.2 Å². The molecule has 0 amide bonds. The first-order chi connectivity index (χ1) is 14.0. The Bertz CT molecular complexity index is 886. The summed E-state index contributed by atoms with van der Waals surface area (Å²) in [5, 5.41) is 8.99. The summed E-state index contributed by atoms with van der Waals surface area (Å²) < 4.78 is 1.33. The Labute approximate surface area is 210 Å². The molecule has 1 nitrogen and oxygen atoms in total. The third-order valence-corrected chi connectivity index (χ3v) is 5.10. The maximum absolute atomic E-state index is 8.99. The molecule has 0 spiro atoms. The van der Waals surface area contributed by atoms with Crippen LogP contribution < -0.4 is 0 Å². The van der Waals surface area contributed by atoms with Gasteiger partial charge in [-0.25, -0.2) is 11.6 Å². The summed E-state index contributed by atoms with van der Waals surface area (Å²) in [7, 11) is 0. The second-order valence-electron chi connectivity index (χ2n) is 6.92. The quantitative estimate of drug-likeness (QED) is 0.296. The van der Waals surface area contributed by atoms with Crippen LogP contribution >= 0.6 is 24.8 Å². The first-order valence-corrected chi connectivity index (χ1v) is 10.4. The molecule has 1 aliphatic rings. The van der Waals surface area contributed by atoms with E-state index in [4.69, 9.17) is 5.11 Å². The molecule has 4 rings (SSSR count). The van der Waals surface area contributed by atoms with E-state index >= 15 is 0 Å². The number of phenols is 1. The van der Waals surface area contributed by atoms with Crippen molar-refractivity contribution in [2.24, 2.45) is 0 Å². The Morgan fingerprint density at radius 2 is 1.23 bits per heavy atom. The van der Waals surface area contributed by atoms with E-state index in [1.165, 1.54) is 20.5 Å². The third kappa shape index (κ3) is 11.3. The van der Waals surface area contributed by atoms with Gasteiger partial charge in [0.2, 0.25) is 0 Å². The normalized spacial score (nSPS) is 10.8. The van der Waals surface area contributed by atoms with Crippen molar-refractivity contribution in [3.8, 4) is 5.75 Å². The van der Waals surface area contributed by atoms with E-state index in [0.717, 1.165) is 17.5 Å². The van der Waals surface area contributed by atoms with Crippen LogP contribution in [0.5, 0.6) is 5.75 Å². The van der Waals surface area contributed by atoms with Crippen molar-refractivity contribution in [2.75, 3.05) is 0 Å². The molecule has 0 heterocycles. The van der Waals surface area contributed by atoms with Crippen LogP contribution in [-0.4, -0.2) is 8.92 Å². The number of hydrogen-bond donors (Lipinski definition) is 1. The average Bonchev–Trinajstić information content (AvgIpc) is 3.20. The first-order valence-electron chi connectivity index (χ1n) is 9.66. The molecular formula is C27H29Cl2OTi. The Hall–Kier alpha value is -1.90. The Balaban J connectivity index is 0.000000459. The fourth-order valence-corrected chi connectivity index (χ4v) is 3.36. The van der Waals surface area contributed by atoms with Crippen LogP contribution in [0.2, 0.25) is 0 Å². The van der Waals surface area contributed by atoms with Crippen LogP contribution in [0.15, 0.2) is 96.6 Å². The van der Waals surface area contributed by atoms with Crippen molar-refractivity contribution in [2.45, 2.75) is 27.2 Å². The molecule has 1 aliphatic carbocycles. The SMILES string of the molecule is CC1=[C-]CC=C1.Cc1cc(C)cc(O)c1.Cl.Cl.[Ti+]=[C](c1ccccc1)c1ccccc1. The third-order valence-electron chi connectivity index (χ3n) is 4.20. The summed E-state index contributed by atoms with van der Waals surface area (Å²) in [6.07, 6.45) is 8.33. The zero-order valence-electron chi connectivity index (χ0n) is 18.1. The Morgan fingerprint density at radius 3 is 1.52 bits per heavy atom. The van der Waals surface area contributed by atoms with Crippen molar-refractivity contribution in [3.63, 3.8) is 0 Å². The van der Waals surface area contributed by atoms with E-state index in [2.05, 4.69) is 93.7 Å². The second-order valence-corrected chi connectivity index (χ2v) is 7.70. The molecule has 0 atom stereocenters. The van der Waals surface area contributed by atoms with Crippen LogP contribution in [0.3, 0.4) is 0 Å².